The van der Waals surface area contributed by atoms with Crippen molar-refractivity contribution in [3.8, 4) is 5.75 Å². The first-order valence-corrected chi connectivity index (χ1v) is 12.3. The van der Waals surface area contributed by atoms with E-state index in [9.17, 15) is 9.59 Å². The Bertz CT molecular complexity index is 1440. The molecule has 1 aliphatic rings. The highest BCUT2D eigenvalue weighted by Gasteiger charge is 2.32. The van der Waals surface area contributed by atoms with Gasteiger partial charge in [-0.05, 0) is 53.9 Å². The molecule has 1 amide bonds. The molecule has 4 aromatic rings. The van der Waals surface area contributed by atoms with Crippen molar-refractivity contribution >= 4 is 33.1 Å². The van der Waals surface area contributed by atoms with E-state index in [1.165, 1.54) is 15.1 Å². The second kappa shape index (κ2) is 8.54. The lowest BCUT2D eigenvalue weighted by Crippen LogP contribution is -2.32. The van der Waals surface area contributed by atoms with E-state index in [2.05, 4.69) is 36.1 Å². The zero-order valence-electron chi connectivity index (χ0n) is 19.9. The first-order chi connectivity index (χ1) is 16.2. The molecule has 3 aromatic heterocycles. The Morgan fingerprint density at radius 3 is 2.91 bits per heavy atom. The fourth-order valence-corrected chi connectivity index (χ4v) is 6.01. The summed E-state index contributed by atoms with van der Waals surface area (Å²) >= 11 is 1.71. The molecule has 3 heterocycles. The van der Waals surface area contributed by atoms with Gasteiger partial charge in [-0.3, -0.25) is 4.79 Å². The summed E-state index contributed by atoms with van der Waals surface area (Å²) in [6.07, 6.45) is 4.70. The topological polar surface area (TPSA) is 90.5 Å². The summed E-state index contributed by atoms with van der Waals surface area (Å²) in [6.45, 7) is 7.11. The zero-order chi connectivity index (χ0) is 24.0. The Labute approximate surface area is 201 Å². The molecule has 5 rings (SSSR count). The maximum Gasteiger partial charge on any atom is 0.365 e. The van der Waals surface area contributed by atoms with Crippen molar-refractivity contribution in [1.29, 1.82) is 0 Å². The van der Waals surface area contributed by atoms with Crippen molar-refractivity contribution in [3.05, 3.63) is 57.1 Å². The van der Waals surface area contributed by atoms with Gasteiger partial charge in [0, 0.05) is 11.4 Å². The van der Waals surface area contributed by atoms with E-state index in [0.29, 0.717) is 18.1 Å². The highest BCUT2D eigenvalue weighted by Crippen LogP contribution is 2.43. The lowest BCUT2D eigenvalue weighted by atomic mass is 9.72. The van der Waals surface area contributed by atoms with Crippen LogP contribution >= 0.6 is 11.3 Å². The number of nitrogens with one attached hydrogen (secondary N) is 1. The average molecular weight is 480 g/mol. The Morgan fingerprint density at radius 1 is 1.32 bits per heavy atom. The van der Waals surface area contributed by atoms with Crippen LogP contribution in [0.4, 0.5) is 0 Å². The van der Waals surface area contributed by atoms with Crippen LogP contribution in [0.1, 0.15) is 43.2 Å². The van der Waals surface area contributed by atoms with Crippen molar-refractivity contribution < 1.29 is 9.53 Å². The van der Waals surface area contributed by atoms with Gasteiger partial charge in [0.25, 0.3) is 0 Å². The van der Waals surface area contributed by atoms with Crippen LogP contribution in [0.3, 0.4) is 0 Å². The second-order valence-corrected chi connectivity index (χ2v) is 11.1. The molecule has 0 aliphatic heterocycles. The number of carbonyl (C=O) groups is 1. The average Bonchev–Trinajstić information content (AvgIpc) is 3.34. The van der Waals surface area contributed by atoms with Crippen molar-refractivity contribution in [2.24, 2.45) is 11.3 Å². The number of carbonyl (C=O) groups excluding carboxylic acids is 1. The fourth-order valence-electron chi connectivity index (χ4n) is 4.75. The van der Waals surface area contributed by atoms with E-state index >= 15 is 0 Å². The number of nitrogens with zero attached hydrogens (tertiary/aromatic N) is 4. The standard InChI is InChI=1S/C25H29N5O3S/c1-25(2,3)16-8-9-18-19(11-16)34-23-21(18)22-28-24(32)29(30(22)14-27-23)13-20(31)26-12-15-6-5-7-17(10-15)33-4/h5-7,10,14,16H,8-9,11-13H2,1-4H3,(H,26,31). The number of ether oxygens (including phenoxy) is 1. The van der Waals surface area contributed by atoms with Crippen LogP contribution in [0.15, 0.2) is 35.4 Å². The molecular formula is C25H29N5O3S. The number of rotatable bonds is 5. The SMILES string of the molecule is COc1cccc(CNC(=O)Cn2c(=O)nc3c4c5c(sc4ncn32)CC(C(C)(C)C)CC5)c1. The minimum Gasteiger partial charge on any atom is -0.497 e. The molecule has 0 fully saturated rings. The van der Waals surface area contributed by atoms with Gasteiger partial charge in [-0.15, -0.1) is 11.3 Å². The molecule has 34 heavy (non-hydrogen) atoms. The molecule has 1 aliphatic carbocycles. The van der Waals surface area contributed by atoms with Crippen LogP contribution in [-0.4, -0.2) is 32.2 Å². The lowest BCUT2D eigenvalue weighted by molar-refractivity contribution is -0.122. The highest BCUT2D eigenvalue weighted by molar-refractivity contribution is 7.19. The Kier molecular flexibility index (Phi) is 5.67. The Morgan fingerprint density at radius 2 is 2.15 bits per heavy atom. The molecule has 0 saturated heterocycles. The third kappa shape index (κ3) is 4.09. The largest absolute Gasteiger partial charge is 0.497 e. The summed E-state index contributed by atoms with van der Waals surface area (Å²) in [5, 5.41) is 3.83. The third-order valence-corrected chi connectivity index (χ3v) is 7.96. The Hall–Kier alpha value is -3.20. The van der Waals surface area contributed by atoms with Crippen LogP contribution in [0.25, 0.3) is 15.9 Å². The number of benzene rings is 1. The van der Waals surface area contributed by atoms with Gasteiger partial charge >= 0.3 is 5.69 Å². The van der Waals surface area contributed by atoms with Crippen LogP contribution in [0.2, 0.25) is 0 Å². The van der Waals surface area contributed by atoms with Gasteiger partial charge in [0.2, 0.25) is 5.91 Å². The molecule has 1 atom stereocenters. The summed E-state index contributed by atoms with van der Waals surface area (Å²) in [5.74, 6) is 1.08. The molecule has 178 valence electrons. The minimum absolute atomic E-state index is 0.129. The van der Waals surface area contributed by atoms with Crippen molar-refractivity contribution in [2.75, 3.05) is 7.11 Å². The van der Waals surface area contributed by atoms with Crippen molar-refractivity contribution in [2.45, 2.75) is 53.1 Å². The van der Waals surface area contributed by atoms with Crippen LogP contribution in [-0.2, 0) is 30.7 Å². The van der Waals surface area contributed by atoms with E-state index < -0.39 is 5.69 Å². The smallest absolute Gasteiger partial charge is 0.365 e. The van der Waals surface area contributed by atoms with Gasteiger partial charge < -0.3 is 10.1 Å². The van der Waals surface area contributed by atoms with E-state index in [1.54, 1.807) is 29.3 Å². The van der Waals surface area contributed by atoms with Gasteiger partial charge in [0.15, 0.2) is 5.65 Å². The number of amides is 1. The van der Waals surface area contributed by atoms with Crippen molar-refractivity contribution in [1.82, 2.24) is 24.5 Å². The molecule has 1 unspecified atom stereocenters. The quantitative estimate of drug-likeness (QED) is 0.473. The third-order valence-electron chi connectivity index (χ3n) is 6.80. The molecular weight excluding hydrogens is 450 g/mol. The summed E-state index contributed by atoms with van der Waals surface area (Å²) < 4.78 is 8.19. The molecule has 8 nitrogen and oxygen atoms in total. The summed E-state index contributed by atoms with van der Waals surface area (Å²) in [5.41, 5.74) is 2.57. The molecule has 1 aromatic carbocycles. The number of fused-ring (bicyclic) bond motifs is 5. The number of aromatic nitrogens is 4. The monoisotopic (exact) mass is 479 g/mol. The first kappa shape index (κ1) is 22.6. The van der Waals surface area contributed by atoms with E-state index in [1.807, 2.05) is 24.3 Å². The number of aryl methyl sites for hydroxylation is 1. The molecule has 0 spiro atoms. The Balaban J connectivity index is 1.41. The molecule has 0 saturated carbocycles. The maximum absolute atomic E-state index is 12.8. The van der Waals surface area contributed by atoms with E-state index in [-0.39, 0.29) is 17.9 Å². The summed E-state index contributed by atoms with van der Waals surface area (Å²) in [7, 11) is 1.60. The fraction of sp³-hybridized carbons (Fsp3) is 0.440. The van der Waals surface area contributed by atoms with Crippen LogP contribution in [0.5, 0.6) is 5.75 Å². The maximum atomic E-state index is 12.8. The van der Waals surface area contributed by atoms with Gasteiger partial charge in [-0.25, -0.2) is 19.0 Å². The highest BCUT2D eigenvalue weighted by atomic mass is 32.1. The summed E-state index contributed by atoms with van der Waals surface area (Å²) in [6, 6.07) is 7.50. The second-order valence-electron chi connectivity index (χ2n) is 9.98. The minimum atomic E-state index is -0.450. The first-order valence-electron chi connectivity index (χ1n) is 11.5. The van der Waals surface area contributed by atoms with E-state index in [0.717, 1.165) is 40.8 Å². The van der Waals surface area contributed by atoms with Gasteiger partial charge in [0.05, 0.1) is 12.5 Å². The number of hydrogen-bond donors (Lipinski definition) is 1. The number of hydrogen-bond acceptors (Lipinski definition) is 6. The van der Waals surface area contributed by atoms with Gasteiger partial charge in [0.1, 0.15) is 23.5 Å². The lowest BCUT2D eigenvalue weighted by Gasteiger charge is -2.33. The van der Waals surface area contributed by atoms with Gasteiger partial charge in [-0.1, -0.05) is 32.9 Å². The number of methoxy groups -OCH3 is 1. The number of thiophene rings is 1. The molecule has 1 N–H and O–H groups in total. The van der Waals surface area contributed by atoms with E-state index in [4.69, 9.17) is 4.74 Å². The van der Waals surface area contributed by atoms with Gasteiger partial charge in [-0.2, -0.15) is 4.98 Å². The normalized spacial score (nSPS) is 16.1. The van der Waals surface area contributed by atoms with Crippen molar-refractivity contribution in [3.63, 3.8) is 0 Å². The van der Waals surface area contributed by atoms with Crippen LogP contribution in [0, 0.1) is 11.3 Å². The molecule has 0 bridgehead atoms. The molecule has 0 radical (unpaired) electrons. The van der Waals surface area contributed by atoms with Crippen LogP contribution < -0.4 is 15.7 Å². The predicted molar refractivity (Wildman–Crippen MR) is 132 cm³/mol. The predicted octanol–water partition coefficient (Wildman–Crippen LogP) is 3.58. The molecule has 9 heteroatoms. The summed E-state index contributed by atoms with van der Waals surface area (Å²) in [4.78, 5) is 36.6. The zero-order valence-corrected chi connectivity index (χ0v) is 20.7.